The molecule has 0 bridgehead atoms. The van der Waals surface area contributed by atoms with Gasteiger partial charge >= 0.3 is 0 Å². The maximum atomic E-state index is 5.86. The number of fused-ring (bicyclic) bond motifs is 1. The summed E-state index contributed by atoms with van der Waals surface area (Å²) in [7, 11) is 1.87. The molecule has 3 aromatic rings. The lowest BCUT2D eigenvalue weighted by molar-refractivity contribution is 0.802. The van der Waals surface area contributed by atoms with E-state index in [2.05, 4.69) is 29.1 Å². The van der Waals surface area contributed by atoms with E-state index in [0.29, 0.717) is 5.82 Å². The molecule has 0 aliphatic rings. The van der Waals surface area contributed by atoms with E-state index in [4.69, 9.17) is 5.73 Å². The molecule has 4 nitrogen and oxygen atoms in total. The van der Waals surface area contributed by atoms with Crippen LogP contribution in [0.2, 0.25) is 0 Å². The first-order chi connectivity index (χ1) is 8.65. The Morgan fingerprint density at radius 1 is 1.17 bits per heavy atom. The fourth-order valence-electron chi connectivity index (χ4n) is 2.13. The lowest BCUT2D eigenvalue weighted by Crippen LogP contribution is -1.91. The van der Waals surface area contributed by atoms with E-state index < -0.39 is 0 Å². The first-order valence-corrected chi connectivity index (χ1v) is 5.81. The second-order valence-electron chi connectivity index (χ2n) is 4.44. The van der Waals surface area contributed by atoms with Gasteiger partial charge in [-0.3, -0.25) is 4.68 Å². The van der Waals surface area contributed by atoms with Crippen LogP contribution in [0.1, 0.15) is 5.56 Å². The standard InChI is InChI=1S/C14H14N4/c1-9-4-3-5-10(8-9)11-6-7-12-13(16-11)14(15)17-18(12)2/h3-8H,1-2H3,(H2,15,17). The Hall–Kier alpha value is -2.36. The van der Waals surface area contributed by atoms with Crippen molar-refractivity contribution >= 4 is 16.9 Å². The maximum absolute atomic E-state index is 5.86. The number of nitrogen functional groups attached to an aromatic ring is 1. The van der Waals surface area contributed by atoms with Crippen molar-refractivity contribution in [3.63, 3.8) is 0 Å². The number of benzene rings is 1. The molecule has 0 radical (unpaired) electrons. The summed E-state index contributed by atoms with van der Waals surface area (Å²) >= 11 is 0. The molecule has 0 fully saturated rings. The molecular weight excluding hydrogens is 224 g/mol. The Kier molecular flexibility index (Phi) is 2.30. The Morgan fingerprint density at radius 2 is 2.00 bits per heavy atom. The molecule has 2 N–H and O–H groups in total. The molecular formula is C14H14N4. The van der Waals surface area contributed by atoms with E-state index in [9.17, 15) is 0 Å². The van der Waals surface area contributed by atoms with Crippen molar-refractivity contribution in [1.29, 1.82) is 0 Å². The smallest absolute Gasteiger partial charge is 0.172 e. The normalized spacial score (nSPS) is 11.0. The molecule has 18 heavy (non-hydrogen) atoms. The Labute approximate surface area is 105 Å². The van der Waals surface area contributed by atoms with E-state index in [1.807, 2.05) is 31.3 Å². The van der Waals surface area contributed by atoms with Gasteiger partial charge < -0.3 is 5.73 Å². The van der Waals surface area contributed by atoms with Crippen LogP contribution in [-0.4, -0.2) is 14.8 Å². The minimum absolute atomic E-state index is 0.474. The number of anilines is 1. The predicted octanol–water partition coefficient (Wildman–Crippen LogP) is 2.53. The van der Waals surface area contributed by atoms with Crippen LogP contribution in [0, 0.1) is 6.92 Å². The number of nitrogens with two attached hydrogens (primary N) is 1. The van der Waals surface area contributed by atoms with Crippen molar-refractivity contribution in [2.45, 2.75) is 6.92 Å². The Balaban J connectivity index is 2.22. The van der Waals surface area contributed by atoms with E-state index in [-0.39, 0.29) is 0 Å². The van der Waals surface area contributed by atoms with Crippen molar-refractivity contribution in [2.24, 2.45) is 7.05 Å². The highest BCUT2D eigenvalue weighted by molar-refractivity contribution is 5.87. The molecule has 0 aliphatic carbocycles. The van der Waals surface area contributed by atoms with Crippen LogP contribution in [0.25, 0.3) is 22.3 Å². The van der Waals surface area contributed by atoms with Crippen LogP contribution >= 0.6 is 0 Å². The second kappa shape index (κ2) is 3.84. The van der Waals surface area contributed by atoms with Gasteiger partial charge in [-0.25, -0.2) is 4.98 Å². The zero-order valence-electron chi connectivity index (χ0n) is 10.4. The van der Waals surface area contributed by atoms with Crippen LogP contribution in [0.5, 0.6) is 0 Å². The largest absolute Gasteiger partial charge is 0.380 e. The summed E-state index contributed by atoms with van der Waals surface area (Å²) in [6.07, 6.45) is 0. The highest BCUT2D eigenvalue weighted by Gasteiger charge is 2.08. The third kappa shape index (κ3) is 1.62. The second-order valence-corrected chi connectivity index (χ2v) is 4.44. The van der Waals surface area contributed by atoms with Gasteiger partial charge in [0.2, 0.25) is 0 Å². The van der Waals surface area contributed by atoms with Crippen LogP contribution < -0.4 is 5.73 Å². The topological polar surface area (TPSA) is 56.7 Å². The van der Waals surface area contributed by atoms with Crippen molar-refractivity contribution in [3.05, 3.63) is 42.0 Å². The highest BCUT2D eigenvalue weighted by Crippen LogP contribution is 2.24. The number of pyridine rings is 1. The summed E-state index contributed by atoms with van der Waals surface area (Å²) in [6.45, 7) is 2.07. The van der Waals surface area contributed by atoms with Crippen LogP contribution in [0.3, 0.4) is 0 Å². The van der Waals surface area contributed by atoms with Gasteiger partial charge in [-0.1, -0.05) is 23.8 Å². The van der Waals surface area contributed by atoms with Crippen molar-refractivity contribution < 1.29 is 0 Å². The van der Waals surface area contributed by atoms with Crippen molar-refractivity contribution in [1.82, 2.24) is 14.8 Å². The fraction of sp³-hybridized carbons (Fsp3) is 0.143. The minimum Gasteiger partial charge on any atom is -0.380 e. The molecule has 0 spiro atoms. The average Bonchev–Trinajstić information content (AvgIpc) is 2.65. The fourth-order valence-corrected chi connectivity index (χ4v) is 2.13. The predicted molar refractivity (Wildman–Crippen MR) is 73.1 cm³/mol. The molecule has 0 atom stereocenters. The third-order valence-corrected chi connectivity index (χ3v) is 3.04. The van der Waals surface area contributed by atoms with E-state index >= 15 is 0 Å². The zero-order chi connectivity index (χ0) is 12.7. The number of aromatic nitrogens is 3. The molecule has 1 aromatic carbocycles. The van der Waals surface area contributed by atoms with Crippen molar-refractivity contribution in [2.75, 3.05) is 5.73 Å². The van der Waals surface area contributed by atoms with Gasteiger partial charge in [0.15, 0.2) is 5.82 Å². The lowest BCUT2D eigenvalue weighted by atomic mass is 10.1. The number of rotatable bonds is 1. The SMILES string of the molecule is Cc1cccc(-c2ccc3c(n2)c(N)nn3C)c1. The summed E-state index contributed by atoms with van der Waals surface area (Å²) in [4.78, 5) is 4.60. The van der Waals surface area contributed by atoms with E-state index in [1.165, 1.54) is 5.56 Å². The molecule has 0 unspecified atom stereocenters. The van der Waals surface area contributed by atoms with Crippen LogP contribution in [0.15, 0.2) is 36.4 Å². The van der Waals surface area contributed by atoms with Gasteiger partial charge in [-0.05, 0) is 25.1 Å². The van der Waals surface area contributed by atoms with Gasteiger partial charge in [-0.2, -0.15) is 5.10 Å². The lowest BCUT2D eigenvalue weighted by Gasteiger charge is -2.02. The van der Waals surface area contributed by atoms with Gasteiger partial charge in [0.05, 0.1) is 11.2 Å². The average molecular weight is 238 g/mol. The molecule has 0 saturated heterocycles. The summed E-state index contributed by atoms with van der Waals surface area (Å²) < 4.78 is 1.75. The number of hydrogen-bond acceptors (Lipinski definition) is 3. The minimum atomic E-state index is 0.474. The third-order valence-electron chi connectivity index (χ3n) is 3.04. The number of nitrogens with zero attached hydrogens (tertiary/aromatic N) is 3. The maximum Gasteiger partial charge on any atom is 0.172 e. The molecule has 0 saturated carbocycles. The van der Waals surface area contributed by atoms with E-state index in [1.54, 1.807) is 4.68 Å². The monoisotopic (exact) mass is 238 g/mol. The summed E-state index contributed by atoms with van der Waals surface area (Å²) in [5.41, 5.74) is 10.8. The number of aryl methyl sites for hydroxylation is 2. The molecule has 2 aromatic heterocycles. The first-order valence-electron chi connectivity index (χ1n) is 5.81. The molecule has 4 heteroatoms. The summed E-state index contributed by atoms with van der Waals surface area (Å²) in [6, 6.07) is 12.3. The van der Waals surface area contributed by atoms with E-state index in [0.717, 1.165) is 22.3 Å². The summed E-state index contributed by atoms with van der Waals surface area (Å²) in [5.74, 6) is 0.474. The van der Waals surface area contributed by atoms with Gasteiger partial charge in [0.1, 0.15) is 5.52 Å². The molecule has 0 amide bonds. The molecule has 2 heterocycles. The first kappa shape index (κ1) is 10.8. The molecule has 3 rings (SSSR count). The Bertz CT molecular complexity index is 728. The van der Waals surface area contributed by atoms with Crippen molar-refractivity contribution in [3.8, 4) is 11.3 Å². The molecule has 90 valence electrons. The molecule has 0 aliphatic heterocycles. The van der Waals surface area contributed by atoms with Gasteiger partial charge in [0, 0.05) is 12.6 Å². The zero-order valence-corrected chi connectivity index (χ0v) is 10.4. The Morgan fingerprint density at radius 3 is 2.78 bits per heavy atom. The van der Waals surface area contributed by atoms with Crippen LogP contribution in [0.4, 0.5) is 5.82 Å². The van der Waals surface area contributed by atoms with Gasteiger partial charge in [-0.15, -0.1) is 0 Å². The summed E-state index contributed by atoms with van der Waals surface area (Å²) in [5, 5.41) is 4.17. The van der Waals surface area contributed by atoms with Gasteiger partial charge in [0.25, 0.3) is 0 Å². The quantitative estimate of drug-likeness (QED) is 0.708. The highest BCUT2D eigenvalue weighted by atomic mass is 15.3. The number of hydrogen-bond donors (Lipinski definition) is 1. The van der Waals surface area contributed by atoms with Crippen LogP contribution in [-0.2, 0) is 7.05 Å².